The van der Waals surface area contributed by atoms with Gasteiger partial charge in [-0.1, -0.05) is 67.9 Å². The molecular weight excluding hydrogens is 458 g/mol. The van der Waals surface area contributed by atoms with Gasteiger partial charge in [0.25, 0.3) is 5.91 Å². The lowest BCUT2D eigenvalue weighted by atomic mass is 10.0. The van der Waals surface area contributed by atoms with Crippen molar-refractivity contribution in [2.75, 3.05) is 5.75 Å². The Labute approximate surface area is 207 Å². The summed E-state index contributed by atoms with van der Waals surface area (Å²) in [5.41, 5.74) is 5.62. The minimum Gasteiger partial charge on any atom is -0.324 e. The molecule has 6 nitrogen and oxygen atoms in total. The summed E-state index contributed by atoms with van der Waals surface area (Å²) in [7, 11) is -3.65. The average Bonchev–Trinajstić information content (AvgIpc) is 3.16. The van der Waals surface area contributed by atoms with Crippen LogP contribution in [0.2, 0.25) is 0 Å². The number of rotatable bonds is 10. The van der Waals surface area contributed by atoms with Gasteiger partial charge in [-0.05, 0) is 61.1 Å². The summed E-state index contributed by atoms with van der Waals surface area (Å²) in [6, 6.07) is 24.1. The van der Waals surface area contributed by atoms with E-state index in [0.29, 0.717) is 18.5 Å². The maximum Gasteiger partial charge on any atom is 0.264 e. The summed E-state index contributed by atoms with van der Waals surface area (Å²) < 4.78 is 28.5. The molecule has 0 saturated carbocycles. The van der Waals surface area contributed by atoms with Gasteiger partial charge in [-0.15, -0.1) is 0 Å². The Bertz CT molecular complexity index is 1410. The van der Waals surface area contributed by atoms with Gasteiger partial charge < -0.3 is 4.57 Å². The van der Waals surface area contributed by atoms with Gasteiger partial charge in [-0.25, -0.2) is 18.1 Å². The molecule has 0 unspecified atom stereocenters. The van der Waals surface area contributed by atoms with E-state index in [9.17, 15) is 13.2 Å². The highest BCUT2D eigenvalue weighted by molar-refractivity contribution is 7.90. The molecule has 0 fully saturated rings. The average molecular weight is 490 g/mol. The molecule has 0 saturated heterocycles. The predicted molar refractivity (Wildman–Crippen MR) is 140 cm³/mol. The maximum absolute atomic E-state index is 12.6. The van der Waals surface area contributed by atoms with Gasteiger partial charge in [-0.3, -0.25) is 4.79 Å². The van der Waals surface area contributed by atoms with Gasteiger partial charge in [0.05, 0.1) is 16.8 Å². The SMILES string of the molecule is CCCCS(=O)(=O)NC(=O)c1ccc2nc(C)n(Cc3ccc(CCc4ccccc4)cc3)c2c1. The van der Waals surface area contributed by atoms with Crippen LogP contribution in [-0.2, 0) is 29.4 Å². The van der Waals surface area contributed by atoms with Crippen molar-refractivity contribution in [1.82, 2.24) is 14.3 Å². The van der Waals surface area contributed by atoms with Crippen LogP contribution in [0.5, 0.6) is 0 Å². The first-order valence-electron chi connectivity index (χ1n) is 12.0. The number of fused-ring (bicyclic) bond motifs is 1. The zero-order valence-electron chi connectivity index (χ0n) is 20.2. The van der Waals surface area contributed by atoms with Crippen molar-refractivity contribution < 1.29 is 13.2 Å². The summed E-state index contributed by atoms with van der Waals surface area (Å²) in [6.45, 7) is 4.46. The van der Waals surface area contributed by atoms with E-state index in [1.165, 1.54) is 11.1 Å². The first-order valence-corrected chi connectivity index (χ1v) is 13.6. The van der Waals surface area contributed by atoms with Crippen LogP contribution >= 0.6 is 0 Å². The normalized spacial score (nSPS) is 11.6. The third-order valence-corrected chi connectivity index (χ3v) is 7.45. The van der Waals surface area contributed by atoms with Gasteiger partial charge in [0.15, 0.2) is 0 Å². The molecule has 0 bridgehead atoms. The first-order chi connectivity index (χ1) is 16.8. The number of hydrogen-bond donors (Lipinski definition) is 1. The molecule has 35 heavy (non-hydrogen) atoms. The number of carbonyl (C=O) groups is 1. The van der Waals surface area contributed by atoms with Crippen LogP contribution in [-0.4, -0.2) is 29.6 Å². The summed E-state index contributed by atoms with van der Waals surface area (Å²) in [5.74, 6) is 0.160. The summed E-state index contributed by atoms with van der Waals surface area (Å²) in [6.07, 6.45) is 3.24. The molecule has 4 aromatic rings. The molecule has 1 aromatic heterocycles. The van der Waals surface area contributed by atoms with Crippen molar-refractivity contribution in [2.24, 2.45) is 0 Å². The van der Waals surface area contributed by atoms with Crippen LogP contribution < -0.4 is 4.72 Å². The van der Waals surface area contributed by atoms with Crippen molar-refractivity contribution >= 4 is 27.0 Å². The van der Waals surface area contributed by atoms with Crippen LogP contribution in [0.4, 0.5) is 0 Å². The Morgan fingerprint density at radius 1 is 0.914 bits per heavy atom. The maximum atomic E-state index is 12.6. The third kappa shape index (κ3) is 6.36. The second kappa shape index (κ2) is 10.9. The number of aromatic nitrogens is 2. The molecule has 4 rings (SSSR count). The van der Waals surface area contributed by atoms with Crippen molar-refractivity contribution in [3.63, 3.8) is 0 Å². The van der Waals surface area contributed by atoms with Crippen LogP contribution in [0.25, 0.3) is 11.0 Å². The number of imidazole rings is 1. The lowest BCUT2D eigenvalue weighted by Crippen LogP contribution is -2.32. The zero-order chi connectivity index (χ0) is 24.8. The summed E-state index contributed by atoms with van der Waals surface area (Å²) in [5, 5.41) is 0. The van der Waals surface area contributed by atoms with Crippen molar-refractivity contribution in [1.29, 1.82) is 0 Å². The Balaban J connectivity index is 1.49. The van der Waals surface area contributed by atoms with Gasteiger partial charge in [0.2, 0.25) is 10.0 Å². The molecule has 0 radical (unpaired) electrons. The number of carbonyl (C=O) groups excluding carboxylic acids is 1. The van der Waals surface area contributed by atoms with Gasteiger partial charge in [0, 0.05) is 12.1 Å². The molecule has 0 spiro atoms. The van der Waals surface area contributed by atoms with E-state index in [1.807, 2.05) is 19.9 Å². The van der Waals surface area contributed by atoms with Crippen molar-refractivity contribution in [3.8, 4) is 0 Å². The molecule has 0 aliphatic carbocycles. The molecule has 182 valence electrons. The standard InChI is InChI=1S/C28H31N3O3S/c1-3-4-18-35(33,34)30-28(32)25-16-17-26-27(19-25)31(21(2)29-26)20-24-14-12-23(13-15-24)11-10-22-8-6-5-7-9-22/h5-9,12-17,19H,3-4,10-11,18,20H2,1-2H3,(H,30,32). The number of amides is 1. The molecule has 0 aliphatic heterocycles. The Morgan fingerprint density at radius 2 is 1.57 bits per heavy atom. The van der Waals surface area contributed by atoms with Crippen LogP contribution in [0, 0.1) is 6.92 Å². The number of benzene rings is 3. The quantitative estimate of drug-likeness (QED) is 0.338. The monoisotopic (exact) mass is 489 g/mol. The number of hydrogen-bond acceptors (Lipinski definition) is 4. The Hall–Kier alpha value is -3.45. The second-order valence-electron chi connectivity index (χ2n) is 8.85. The van der Waals surface area contributed by atoms with Crippen LogP contribution in [0.15, 0.2) is 72.8 Å². The Kier molecular flexibility index (Phi) is 7.66. The van der Waals surface area contributed by atoms with Gasteiger partial charge >= 0.3 is 0 Å². The summed E-state index contributed by atoms with van der Waals surface area (Å²) in [4.78, 5) is 17.2. The number of aryl methyl sites for hydroxylation is 3. The second-order valence-corrected chi connectivity index (χ2v) is 10.7. The number of unbranched alkanes of at least 4 members (excludes halogenated alkanes) is 1. The van der Waals surface area contributed by atoms with Crippen molar-refractivity contribution in [2.45, 2.75) is 46.1 Å². The fraction of sp³-hybridized carbons (Fsp3) is 0.286. The van der Waals surface area contributed by atoms with E-state index in [4.69, 9.17) is 0 Å². The molecule has 1 N–H and O–H groups in total. The smallest absolute Gasteiger partial charge is 0.264 e. The largest absolute Gasteiger partial charge is 0.324 e. The Morgan fingerprint density at radius 3 is 2.26 bits per heavy atom. The fourth-order valence-corrected chi connectivity index (χ4v) is 5.27. The molecule has 0 aliphatic rings. The molecule has 0 atom stereocenters. The number of sulfonamides is 1. The molecular formula is C28H31N3O3S. The third-order valence-electron chi connectivity index (χ3n) is 6.12. The van der Waals surface area contributed by atoms with Crippen LogP contribution in [0.1, 0.15) is 52.6 Å². The fourth-order valence-electron chi connectivity index (χ4n) is 4.10. The van der Waals surface area contributed by atoms with Gasteiger partial charge in [-0.2, -0.15) is 0 Å². The van der Waals surface area contributed by atoms with Gasteiger partial charge in [0.1, 0.15) is 5.82 Å². The van der Waals surface area contributed by atoms with E-state index >= 15 is 0 Å². The van der Waals surface area contributed by atoms with E-state index in [0.717, 1.165) is 41.7 Å². The molecule has 3 aromatic carbocycles. The highest BCUT2D eigenvalue weighted by Gasteiger charge is 2.17. The number of nitrogens with one attached hydrogen (secondary N) is 1. The first kappa shape index (κ1) is 24.7. The van der Waals surface area contributed by atoms with Crippen molar-refractivity contribution in [3.05, 3.63) is 101 Å². The minimum absolute atomic E-state index is 0.0597. The predicted octanol–water partition coefficient (Wildman–Crippen LogP) is 5.04. The van der Waals surface area contributed by atoms with E-state index in [-0.39, 0.29) is 5.75 Å². The lowest BCUT2D eigenvalue weighted by Gasteiger charge is -2.10. The van der Waals surface area contributed by atoms with Crippen LogP contribution in [0.3, 0.4) is 0 Å². The summed E-state index contributed by atoms with van der Waals surface area (Å²) >= 11 is 0. The highest BCUT2D eigenvalue weighted by atomic mass is 32.2. The highest BCUT2D eigenvalue weighted by Crippen LogP contribution is 2.20. The van der Waals surface area contributed by atoms with E-state index < -0.39 is 15.9 Å². The molecule has 7 heteroatoms. The van der Waals surface area contributed by atoms with E-state index in [1.54, 1.807) is 18.2 Å². The molecule has 1 heterocycles. The lowest BCUT2D eigenvalue weighted by molar-refractivity contribution is 0.0981. The zero-order valence-corrected chi connectivity index (χ0v) is 21.0. The minimum atomic E-state index is -3.65. The topological polar surface area (TPSA) is 81.1 Å². The van der Waals surface area contributed by atoms with E-state index in [2.05, 4.69) is 62.8 Å². The molecule has 1 amide bonds. The number of nitrogens with zero attached hydrogens (tertiary/aromatic N) is 2.